The zero-order valence-corrected chi connectivity index (χ0v) is 8.03. The molecule has 1 aromatic rings. The van der Waals surface area contributed by atoms with E-state index in [2.05, 4.69) is 9.89 Å². The second kappa shape index (κ2) is 4.73. The molecule has 1 rings (SSSR count). The van der Waals surface area contributed by atoms with Crippen LogP contribution in [0.4, 0.5) is 13.2 Å². The summed E-state index contributed by atoms with van der Waals surface area (Å²) in [5, 5.41) is 11.1. The molecule has 16 heavy (non-hydrogen) atoms. The Balaban J connectivity index is 2.76. The van der Waals surface area contributed by atoms with Gasteiger partial charge in [0.25, 0.3) is 0 Å². The molecule has 7 heteroatoms. The number of benzene rings is 1. The summed E-state index contributed by atoms with van der Waals surface area (Å²) in [4.78, 5) is 0. The zero-order valence-electron chi connectivity index (χ0n) is 8.03. The first-order valence-electron chi connectivity index (χ1n) is 4.20. The maximum Gasteiger partial charge on any atom is 0.422 e. The highest BCUT2D eigenvalue weighted by Crippen LogP contribution is 2.19. The van der Waals surface area contributed by atoms with Crippen molar-refractivity contribution in [2.75, 3.05) is 6.61 Å². The van der Waals surface area contributed by atoms with Crippen LogP contribution in [0.2, 0.25) is 0 Å². The second-order valence-electron chi connectivity index (χ2n) is 2.92. The number of halogens is 3. The number of hydrogen-bond donors (Lipinski definition) is 2. The molecule has 4 nitrogen and oxygen atoms in total. The standard InChI is InChI=1S/C9H9F3N2O2/c10-9(11,12)5-16-7-3-1-2-6(4-7)8(13)14-15/h1-4,15H,5H2,(H2,13,14). The average Bonchev–Trinajstić information content (AvgIpc) is 2.25. The minimum atomic E-state index is -4.40. The Morgan fingerprint density at radius 2 is 2.12 bits per heavy atom. The summed E-state index contributed by atoms with van der Waals surface area (Å²) in [5.41, 5.74) is 5.55. The molecule has 0 aromatic heterocycles. The molecule has 0 radical (unpaired) electrons. The van der Waals surface area contributed by atoms with Gasteiger partial charge in [-0.1, -0.05) is 17.3 Å². The van der Waals surface area contributed by atoms with Crippen LogP contribution in [0.25, 0.3) is 0 Å². The van der Waals surface area contributed by atoms with Gasteiger partial charge in [-0.25, -0.2) is 0 Å². The fourth-order valence-electron chi connectivity index (χ4n) is 0.968. The van der Waals surface area contributed by atoms with Crippen molar-refractivity contribution in [1.82, 2.24) is 0 Å². The highest BCUT2D eigenvalue weighted by molar-refractivity contribution is 5.97. The van der Waals surface area contributed by atoms with Crippen molar-refractivity contribution in [1.29, 1.82) is 0 Å². The molecule has 88 valence electrons. The summed E-state index contributed by atoms with van der Waals surface area (Å²) >= 11 is 0. The van der Waals surface area contributed by atoms with E-state index in [1.54, 1.807) is 0 Å². The van der Waals surface area contributed by atoms with Gasteiger partial charge in [-0.15, -0.1) is 0 Å². The summed E-state index contributed by atoms with van der Waals surface area (Å²) < 4.78 is 40.0. The predicted octanol–water partition coefficient (Wildman–Crippen LogP) is 1.72. The van der Waals surface area contributed by atoms with Gasteiger partial charge < -0.3 is 15.7 Å². The predicted molar refractivity (Wildman–Crippen MR) is 50.5 cm³/mol. The van der Waals surface area contributed by atoms with E-state index in [0.29, 0.717) is 0 Å². The number of ether oxygens (including phenoxy) is 1. The lowest BCUT2D eigenvalue weighted by Gasteiger charge is -2.09. The van der Waals surface area contributed by atoms with Crippen molar-refractivity contribution in [2.24, 2.45) is 10.9 Å². The van der Waals surface area contributed by atoms with Gasteiger partial charge in [-0.2, -0.15) is 13.2 Å². The lowest BCUT2D eigenvalue weighted by atomic mass is 10.2. The van der Waals surface area contributed by atoms with E-state index in [1.807, 2.05) is 0 Å². The molecular weight excluding hydrogens is 225 g/mol. The molecular formula is C9H9F3N2O2. The summed E-state index contributed by atoms with van der Waals surface area (Å²) in [6.07, 6.45) is -4.40. The molecule has 0 saturated carbocycles. The van der Waals surface area contributed by atoms with Gasteiger partial charge in [0.2, 0.25) is 0 Å². The lowest BCUT2D eigenvalue weighted by molar-refractivity contribution is -0.153. The summed E-state index contributed by atoms with van der Waals surface area (Å²) in [5.74, 6) is -0.195. The summed E-state index contributed by atoms with van der Waals surface area (Å²) in [6.45, 7) is -1.38. The van der Waals surface area contributed by atoms with Crippen LogP contribution in [0.5, 0.6) is 5.75 Å². The van der Waals surface area contributed by atoms with Crippen molar-refractivity contribution < 1.29 is 23.1 Å². The van der Waals surface area contributed by atoms with E-state index >= 15 is 0 Å². The molecule has 0 aliphatic rings. The normalized spacial score (nSPS) is 12.6. The Morgan fingerprint density at radius 3 is 2.69 bits per heavy atom. The van der Waals surface area contributed by atoms with Crippen LogP contribution in [0.1, 0.15) is 5.56 Å². The third-order valence-electron chi connectivity index (χ3n) is 1.64. The second-order valence-corrected chi connectivity index (χ2v) is 2.92. The monoisotopic (exact) mass is 234 g/mol. The molecule has 0 aliphatic heterocycles. The van der Waals surface area contributed by atoms with Gasteiger partial charge in [0.05, 0.1) is 0 Å². The number of alkyl halides is 3. The highest BCUT2D eigenvalue weighted by atomic mass is 19.4. The van der Waals surface area contributed by atoms with Crippen LogP contribution >= 0.6 is 0 Å². The maximum atomic E-state index is 11.9. The van der Waals surface area contributed by atoms with Crippen molar-refractivity contribution in [3.05, 3.63) is 29.8 Å². The average molecular weight is 234 g/mol. The van der Waals surface area contributed by atoms with Gasteiger partial charge in [0.15, 0.2) is 12.4 Å². The van der Waals surface area contributed by atoms with Crippen molar-refractivity contribution in [3.8, 4) is 5.75 Å². The number of oxime groups is 1. The highest BCUT2D eigenvalue weighted by Gasteiger charge is 2.28. The number of hydrogen-bond acceptors (Lipinski definition) is 3. The third-order valence-corrected chi connectivity index (χ3v) is 1.64. The van der Waals surface area contributed by atoms with Crippen LogP contribution in [-0.4, -0.2) is 23.8 Å². The first kappa shape index (κ1) is 12.2. The van der Waals surface area contributed by atoms with E-state index in [-0.39, 0.29) is 17.1 Å². The van der Waals surface area contributed by atoms with Gasteiger partial charge in [0.1, 0.15) is 5.75 Å². The molecule has 0 atom stereocenters. The van der Waals surface area contributed by atoms with Crippen LogP contribution < -0.4 is 10.5 Å². The van der Waals surface area contributed by atoms with Crippen LogP contribution in [0.15, 0.2) is 29.4 Å². The molecule has 0 aliphatic carbocycles. The number of amidine groups is 1. The van der Waals surface area contributed by atoms with Crippen molar-refractivity contribution in [2.45, 2.75) is 6.18 Å². The Labute approximate surface area is 89.1 Å². The van der Waals surface area contributed by atoms with Crippen molar-refractivity contribution >= 4 is 5.84 Å². The first-order chi connectivity index (χ1) is 7.42. The van der Waals surface area contributed by atoms with Crippen LogP contribution in [0.3, 0.4) is 0 Å². The SMILES string of the molecule is N/C(=N\O)c1cccc(OCC(F)(F)F)c1. The molecule has 0 spiro atoms. The summed E-state index contributed by atoms with van der Waals surface area (Å²) in [6, 6.07) is 5.52. The van der Waals surface area contributed by atoms with Crippen LogP contribution in [-0.2, 0) is 0 Å². The van der Waals surface area contributed by atoms with Gasteiger partial charge >= 0.3 is 6.18 Å². The quantitative estimate of drug-likeness (QED) is 0.362. The number of nitrogens with two attached hydrogens (primary N) is 1. The fourth-order valence-corrected chi connectivity index (χ4v) is 0.968. The van der Waals surface area contributed by atoms with Gasteiger partial charge in [-0.3, -0.25) is 0 Å². The molecule has 0 unspecified atom stereocenters. The molecule has 0 fully saturated rings. The summed E-state index contributed by atoms with van der Waals surface area (Å²) in [7, 11) is 0. The van der Waals surface area contributed by atoms with Gasteiger partial charge in [-0.05, 0) is 12.1 Å². The molecule has 0 heterocycles. The first-order valence-corrected chi connectivity index (χ1v) is 4.20. The zero-order chi connectivity index (χ0) is 12.2. The van der Waals surface area contributed by atoms with E-state index in [9.17, 15) is 13.2 Å². The van der Waals surface area contributed by atoms with E-state index < -0.39 is 12.8 Å². The number of rotatable bonds is 3. The molecule has 1 aromatic carbocycles. The Kier molecular flexibility index (Phi) is 3.60. The Hall–Kier alpha value is -1.92. The Bertz CT molecular complexity index is 391. The third kappa shape index (κ3) is 3.68. The van der Waals surface area contributed by atoms with Crippen LogP contribution in [0, 0.1) is 0 Å². The smallest absolute Gasteiger partial charge is 0.422 e. The van der Waals surface area contributed by atoms with Gasteiger partial charge in [0, 0.05) is 5.56 Å². The van der Waals surface area contributed by atoms with E-state index in [1.165, 1.54) is 24.3 Å². The molecule has 0 amide bonds. The minimum absolute atomic E-state index is 0.00132. The topological polar surface area (TPSA) is 67.8 Å². The van der Waals surface area contributed by atoms with Crippen molar-refractivity contribution in [3.63, 3.8) is 0 Å². The number of nitrogens with zero attached hydrogens (tertiary/aromatic N) is 1. The van der Waals surface area contributed by atoms with E-state index in [4.69, 9.17) is 10.9 Å². The Morgan fingerprint density at radius 1 is 1.44 bits per heavy atom. The fraction of sp³-hybridized carbons (Fsp3) is 0.222. The molecule has 0 saturated heterocycles. The molecule has 3 N–H and O–H groups in total. The maximum absolute atomic E-state index is 11.9. The lowest BCUT2D eigenvalue weighted by Crippen LogP contribution is -2.19. The molecule has 0 bridgehead atoms. The largest absolute Gasteiger partial charge is 0.484 e. The minimum Gasteiger partial charge on any atom is -0.484 e. The van der Waals surface area contributed by atoms with E-state index in [0.717, 1.165) is 0 Å².